The zero-order valence-electron chi connectivity index (χ0n) is 9.97. The molecule has 1 saturated carbocycles. The average molecular weight is 231 g/mol. The SMILES string of the molecule is Cc1cccc(CN2CC3C(O)C4COC432)c1. The van der Waals surface area contributed by atoms with Crippen LogP contribution in [-0.2, 0) is 11.3 Å². The number of aryl methyl sites for hydroxylation is 1. The highest BCUT2D eigenvalue weighted by Crippen LogP contribution is 2.62. The highest BCUT2D eigenvalue weighted by molar-refractivity contribution is 5.26. The van der Waals surface area contributed by atoms with E-state index in [4.69, 9.17) is 4.74 Å². The molecule has 0 aromatic heterocycles. The molecular formula is C14H17NO2. The zero-order chi connectivity index (χ0) is 11.6. The second-order valence-electron chi connectivity index (χ2n) is 5.64. The lowest BCUT2D eigenvalue weighted by atomic mass is 9.54. The van der Waals surface area contributed by atoms with E-state index < -0.39 is 0 Å². The van der Waals surface area contributed by atoms with Gasteiger partial charge in [-0.1, -0.05) is 29.8 Å². The number of aliphatic hydroxyl groups excluding tert-OH is 1. The fraction of sp³-hybridized carbons (Fsp3) is 0.571. The monoisotopic (exact) mass is 231 g/mol. The first-order chi connectivity index (χ1) is 8.22. The molecule has 1 spiro atoms. The molecule has 3 aliphatic rings. The van der Waals surface area contributed by atoms with Gasteiger partial charge in [-0.05, 0) is 12.5 Å². The van der Waals surface area contributed by atoms with Crippen LogP contribution in [-0.4, -0.2) is 35.0 Å². The van der Waals surface area contributed by atoms with Gasteiger partial charge in [0.15, 0.2) is 0 Å². The van der Waals surface area contributed by atoms with Crippen LogP contribution in [0.4, 0.5) is 0 Å². The van der Waals surface area contributed by atoms with Crippen LogP contribution < -0.4 is 0 Å². The summed E-state index contributed by atoms with van der Waals surface area (Å²) in [6.07, 6.45) is -0.113. The smallest absolute Gasteiger partial charge is 0.136 e. The van der Waals surface area contributed by atoms with Crippen molar-refractivity contribution >= 4 is 0 Å². The molecule has 0 bridgehead atoms. The highest BCUT2D eigenvalue weighted by atomic mass is 16.6. The molecule has 4 unspecified atom stereocenters. The number of ether oxygens (including phenoxy) is 1. The van der Waals surface area contributed by atoms with Gasteiger partial charge in [0.1, 0.15) is 5.72 Å². The lowest BCUT2D eigenvalue weighted by Crippen LogP contribution is -2.90. The molecule has 1 N–H and O–H groups in total. The Kier molecular flexibility index (Phi) is 1.84. The number of hydrogen-bond donors (Lipinski definition) is 1. The van der Waals surface area contributed by atoms with Crippen molar-refractivity contribution in [2.45, 2.75) is 25.3 Å². The quantitative estimate of drug-likeness (QED) is 0.828. The van der Waals surface area contributed by atoms with Gasteiger partial charge < -0.3 is 9.84 Å². The summed E-state index contributed by atoms with van der Waals surface area (Å²) in [7, 11) is 0. The van der Waals surface area contributed by atoms with E-state index in [-0.39, 0.29) is 11.8 Å². The Bertz CT molecular complexity index is 467. The van der Waals surface area contributed by atoms with E-state index in [0.717, 1.165) is 19.7 Å². The van der Waals surface area contributed by atoms with E-state index in [1.807, 2.05) is 0 Å². The minimum absolute atomic E-state index is 0.0802. The van der Waals surface area contributed by atoms with Gasteiger partial charge in [-0.25, -0.2) is 0 Å². The van der Waals surface area contributed by atoms with Crippen LogP contribution in [0.3, 0.4) is 0 Å². The fourth-order valence-electron chi connectivity index (χ4n) is 3.77. The average Bonchev–Trinajstić information content (AvgIpc) is 2.22. The minimum atomic E-state index is -0.113. The standard InChI is InChI=1S/C14H17NO2/c1-9-3-2-4-10(5-9)6-15-7-11-13(16)12-8-17-14(11,12)15/h2-5,11-13,16H,6-8H2,1H3. The van der Waals surface area contributed by atoms with Gasteiger partial charge in [0, 0.05) is 19.0 Å². The molecule has 0 amide bonds. The lowest BCUT2D eigenvalue weighted by molar-refractivity contribution is -0.462. The maximum Gasteiger partial charge on any atom is 0.136 e. The van der Waals surface area contributed by atoms with Crippen molar-refractivity contribution in [3.05, 3.63) is 35.4 Å². The molecule has 4 atom stereocenters. The molecule has 0 radical (unpaired) electrons. The van der Waals surface area contributed by atoms with E-state index in [9.17, 15) is 5.11 Å². The Morgan fingerprint density at radius 2 is 2.35 bits per heavy atom. The van der Waals surface area contributed by atoms with Crippen molar-refractivity contribution < 1.29 is 9.84 Å². The minimum Gasteiger partial charge on any atom is -0.392 e. The van der Waals surface area contributed by atoms with E-state index in [2.05, 4.69) is 36.1 Å². The van der Waals surface area contributed by atoms with Crippen LogP contribution in [0.15, 0.2) is 24.3 Å². The van der Waals surface area contributed by atoms with Crippen LogP contribution in [0.2, 0.25) is 0 Å². The van der Waals surface area contributed by atoms with E-state index in [0.29, 0.717) is 11.8 Å². The summed E-state index contributed by atoms with van der Waals surface area (Å²) in [6.45, 7) is 4.78. The fourth-order valence-corrected chi connectivity index (χ4v) is 3.77. The predicted molar refractivity (Wildman–Crippen MR) is 63.3 cm³/mol. The van der Waals surface area contributed by atoms with Gasteiger partial charge in [-0.2, -0.15) is 0 Å². The van der Waals surface area contributed by atoms with Crippen molar-refractivity contribution in [3.63, 3.8) is 0 Å². The molecule has 2 aliphatic heterocycles. The second-order valence-corrected chi connectivity index (χ2v) is 5.64. The Morgan fingerprint density at radius 3 is 3.00 bits per heavy atom. The summed E-state index contributed by atoms with van der Waals surface area (Å²) in [6, 6.07) is 8.62. The van der Waals surface area contributed by atoms with Crippen molar-refractivity contribution in [2.75, 3.05) is 13.2 Å². The number of rotatable bonds is 2. The third-order valence-electron chi connectivity index (χ3n) is 4.75. The third kappa shape index (κ3) is 1.07. The van der Waals surface area contributed by atoms with Crippen molar-refractivity contribution in [2.24, 2.45) is 11.8 Å². The van der Waals surface area contributed by atoms with Crippen LogP contribution in [0.25, 0.3) is 0 Å². The predicted octanol–water partition coefficient (Wildman–Crippen LogP) is 1.14. The van der Waals surface area contributed by atoms with Gasteiger partial charge in [0.2, 0.25) is 0 Å². The number of likely N-dealkylation sites (tertiary alicyclic amines) is 1. The molecule has 17 heavy (non-hydrogen) atoms. The molecule has 1 aromatic carbocycles. The van der Waals surface area contributed by atoms with Crippen LogP contribution >= 0.6 is 0 Å². The first-order valence-corrected chi connectivity index (χ1v) is 6.34. The summed E-state index contributed by atoms with van der Waals surface area (Å²) in [4.78, 5) is 2.38. The largest absolute Gasteiger partial charge is 0.392 e. The molecule has 2 heterocycles. The zero-order valence-corrected chi connectivity index (χ0v) is 9.97. The van der Waals surface area contributed by atoms with Gasteiger partial charge in [-0.15, -0.1) is 0 Å². The normalized spacial score (nSPS) is 42.8. The number of nitrogens with zero attached hydrogens (tertiary/aromatic N) is 1. The van der Waals surface area contributed by atoms with Crippen molar-refractivity contribution in [1.29, 1.82) is 0 Å². The summed E-state index contributed by atoms with van der Waals surface area (Å²) >= 11 is 0. The van der Waals surface area contributed by atoms with E-state index in [1.165, 1.54) is 11.1 Å². The van der Waals surface area contributed by atoms with Gasteiger partial charge in [-0.3, -0.25) is 4.90 Å². The molecule has 3 heteroatoms. The maximum atomic E-state index is 9.84. The number of hydrogen-bond acceptors (Lipinski definition) is 3. The van der Waals surface area contributed by atoms with Gasteiger partial charge >= 0.3 is 0 Å². The molecule has 3 fully saturated rings. The van der Waals surface area contributed by atoms with Crippen LogP contribution in [0, 0.1) is 18.8 Å². The molecule has 1 aliphatic carbocycles. The van der Waals surface area contributed by atoms with Crippen LogP contribution in [0.5, 0.6) is 0 Å². The topological polar surface area (TPSA) is 32.7 Å². The molecule has 3 nitrogen and oxygen atoms in total. The first kappa shape index (κ1) is 10.1. The number of aliphatic hydroxyl groups is 1. The Morgan fingerprint density at radius 1 is 1.47 bits per heavy atom. The molecule has 1 aromatic rings. The van der Waals surface area contributed by atoms with Gasteiger partial charge in [0.05, 0.1) is 18.6 Å². The number of piperidine rings is 1. The maximum absolute atomic E-state index is 9.84. The molecule has 4 rings (SSSR count). The Balaban J connectivity index is 1.52. The molecular weight excluding hydrogens is 214 g/mol. The number of benzene rings is 1. The van der Waals surface area contributed by atoms with E-state index in [1.54, 1.807) is 0 Å². The first-order valence-electron chi connectivity index (χ1n) is 6.34. The second kappa shape index (κ2) is 3.10. The third-order valence-corrected chi connectivity index (χ3v) is 4.75. The van der Waals surface area contributed by atoms with Crippen molar-refractivity contribution in [1.82, 2.24) is 4.90 Å². The summed E-state index contributed by atoms with van der Waals surface area (Å²) in [5, 5.41) is 9.84. The van der Waals surface area contributed by atoms with E-state index >= 15 is 0 Å². The Labute approximate surface area is 101 Å². The highest BCUT2D eigenvalue weighted by Gasteiger charge is 2.77. The summed E-state index contributed by atoms with van der Waals surface area (Å²) in [5.74, 6) is 0.733. The molecule has 2 saturated heterocycles. The van der Waals surface area contributed by atoms with Crippen molar-refractivity contribution in [3.8, 4) is 0 Å². The lowest BCUT2D eigenvalue weighted by Gasteiger charge is -2.76. The van der Waals surface area contributed by atoms with Gasteiger partial charge in [0.25, 0.3) is 0 Å². The molecule has 90 valence electrons. The van der Waals surface area contributed by atoms with Crippen LogP contribution in [0.1, 0.15) is 11.1 Å². The Hall–Kier alpha value is -0.900. The summed E-state index contributed by atoms with van der Waals surface area (Å²) in [5.41, 5.74) is 2.56. The summed E-state index contributed by atoms with van der Waals surface area (Å²) < 4.78 is 5.77.